The number of hydrogen-bond acceptors (Lipinski definition) is 9. The molecule has 0 N–H and O–H groups in total. The lowest BCUT2D eigenvalue weighted by Crippen LogP contribution is -2.00. The highest BCUT2D eigenvalue weighted by Crippen LogP contribution is 2.41. The summed E-state index contributed by atoms with van der Waals surface area (Å²) in [4.78, 5) is 44.1. The van der Waals surface area contributed by atoms with Crippen LogP contribution in [0.25, 0.3) is 218 Å². The molecule has 12 nitrogen and oxygen atoms in total. The lowest BCUT2D eigenvalue weighted by atomic mass is 10.0. The van der Waals surface area contributed by atoms with E-state index in [2.05, 4.69) is 305 Å². The van der Waals surface area contributed by atoms with Crippen LogP contribution < -0.4 is 0 Å². The summed E-state index contributed by atoms with van der Waals surface area (Å²) in [5, 5.41) is 7.46. The van der Waals surface area contributed by atoms with Gasteiger partial charge in [0.1, 0.15) is 0 Å². The second kappa shape index (κ2) is 34.6. The van der Waals surface area contributed by atoms with E-state index in [0.29, 0.717) is 52.4 Å². The molecule has 12 heteroatoms. The van der Waals surface area contributed by atoms with Gasteiger partial charge in [-0.1, -0.05) is 376 Å². The normalized spacial score (nSPS) is 11.3. The van der Waals surface area contributed by atoms with E-state index in [9.17, 15) is 0 Å². The molecule has 6 heterocycles. The molecule has 0 fully saturated rings. The van der Waals surface area contributed by atoms with E-state index in [0.717, 1.165) is 101 Å². The second-order valence-electron chi connectivity index (χ2n) is 31.6. The Morgan fingerprint density at radius 3 is 0.636 bits per heavy atom. The number of fused-ring (bicyclic) bond motifs is 9. The molecule has 0 spiro atoms. The number of benzene rings is 18. The first-order valence-corrected chi connectivity index (χ1v) is 43.1. The predicted octanol–water partition coefficient (Wildman–Crippen LogP) is 28.9. The van der Waals surface area contributed by atoms with Crippen LogP contribution in [0.1, 0.15) is 0 Å². The molecular weight excluding hydrogens is 1570 g/mol. The zero-order valence-electron chi connectivity index (χ0n) is 69.9. The van der Waals surface area contributed by atoms with Gasteiger partial charge in [0.15, 0.2) is 52.4 Å². The standard InChI is InChI=1S/3C39H26N4/c1-4-13-27(14-5-1)37-40-38(28-15-6-2-7-16-28)42-39(41-37)31-18-12-17-29(25-31)30-23-24-36-34(26-30)33-21-10-11-22-35(33)43(36)32-19-8-3-9-20-32;1-4-13-27(14-5-1)37-40-38(28-15-6-2-7-16-28)42-39(41-37)31-18-12-17-29(25-31)30-23-24-34-33-21-10-11-22-35(33)43(36(34)26-30)32-19-8-3-9-20-32;1-3-12-28(13-4-1)37-40-38(29-14-5-2-6-15-29)42-39(41-37)31-17-11-16-30(26-31)27-22-24-32(25-23-27)43-35-20-9-7-18-33(35)34-19-8-10-21-36(34)43/h3*1-26H. The summed E-state index contributed by atoms with van der Waals surface area (Å²) in [6, 6.07) is 164. The maximum atomic E-state index is 4.94. The van der Waals surface area contributed by atoms with Gasteiger partial charge < -0.3 is 13.7 Å². The molecule has 6 aromatic heterocycles. The molecule has 0 amide bonds. The second-order valence-corrected chi connectivity index (χ2v) is 31.6. The van der Waals surface area contributed by atoms with E-state index >= 15 is 0 Å². The molecule has 0 unspecified atom stereocenters. The Morgan fingerprint density at radius 2 is 0.310 bits per heavy atom. The van der Waals surface area contributed by atoms with E-state index in [4.69, 9.17) is 44.9 Å². The van der Waals surface area contributed by atoms with Crippen LogP contribution in [0.2, 0.25) is 0 Å². The van der Waals surface area contributed by atoms with Gasteiger partial charge in [-0.2, -0.15) is 0 Å². The summed E-state index contributed by atoms with van der Waals surface area (Å²) in [5.74, 6) is 5.89. The van der Waals surface area contributed by atoms with Gasteiger partial charge in [0.25, 0.3) is 0 Å². The van der Waals surface area contributed by atoms with E-state index < -0.39 is 0 Å². The molecule has 0 aliphatic heterocycles. The molecule has 129 heavy (non-hydrogen) atoms. The highest BCUT2D eigenvalue weighted by molar-refractivity contribution is 6.12. The smallest absolute Gasteiger partial charge is 0.164 e. The minimum absolute atomic E-state index is 0.647. The van der Waals surface area contributed by atoms with Crippen molar-refractivity contribution in [3.63, 3.8) is 0 Å². The van der Waals surface area contributed by atoms with E-state index in [1.165, 1.54) is 65.4 Å². The fourth-order valence-corrected chi connectivity index (χ4v) is 17.3. The van der Waals surface area contributed by atoms with Crippen molar-refractivity contribution in [3.05, 3.63) is 473 Å². The number of para-hydroxylation sites is 6. The van der Waals surface area contributed by atoms with Crippen molar-refractivity contribution in [3.8, 4) is 153 Å². The molecule has 0 saturated heterocycles. The third kappa shape index (κ3) is 15.6. The average Bonchev–Trinajstić information content (AvgIpc) is 1.61. The van der Waals surface area contributed by atoms with Gasteiger partial charge in [-0.15, -0.1) is 0 Å². The number of hydrogen-bond donors (Lipinski definition) is 0. The predicted molar refractivity (Wildman–Crippen MR) is 528 cm³/mol. The maximum Gasteiger partial charge on any atom is 0.164 e. The maximum absolute atomic E-state index is 4.94. The first kappa shape index (κ1) is 77.4. The molecule has 0 bridgehead atoms. The van der Waals surface area contributed by atoms with Gasteiger partial charge in [0.2, 0.25) is 0 Å². The van der Waals surface area contributed by atoms with Gasteiger partial charge in [-0.25, -0.2) is 44.9 Å². The Kier molecular flexibility index (Phi) is 20.8. The van der Waals surface area contributed by atoms with Crippen molar-refractivity contribution in [2.45, 2.75) is 0 Å². The largest absolute Gasteiger partial charge is 0.309 e. The van der Waals surface area contributed by atoms with Crippen molar-refractivity contribution in [2.24, 2.45) is 0 Å². The zero-order chi connectivity index (χ0) is 85.8. The third-order valence-electron chi connectivity index (χ3n) is 23.5. The minimum Gasteiger partial charge on any atom is -0.309 e. The summed E-state index contributed by atoms with van der Waals surface area (Å²) in [6.45, 7) is 0. The van der Waals surface area contributed by atoms with Crippen molar-refractivity contribution < 1.29 is 0 Å². The van der Waals surface area contributed by atoms with Crippen LogP contribution in [0, 0.1) is 0 Å². The van der Waals surface area contributed by atoms with Gasteiger partial charge in [-0.3, -0.25) is 0 Å². The molecule has 606 valence electrons. The Balaban J connectivity index is 0.000000114. The highest BCUT2D eigenvalue weighted by Gasteiger charge is 2.22. The summed E-state index contributed by atoms with van der Waals surface area (Å²) in [7, 11) is 0. The Labute approximate surface area is 745 Å². The zero-order valence-corrected chi connectivity index (χ0v) is 69.9. The van der Waals surface area contributed by atoms with Gasteiger partial charge >= 0.3 is 0 Å². The molecule has 0 aliphatic rings. The number of rotatable bonds is 15. The minimum atomic E-state index is 0.647. The van der Waals surface area contributed by atoms with Crippen LogP contribution in [0.3, 0.4) is 0 Å². The molecule has 0 atom stereocenters. The average molecular weight is 1650 g/mol. The van der Waals surface area contributed by atoms with Crippen molar-refractivity contribution in [1.29, 1.82) is 0 Å². The number of aromatic nitrogens is 12. The van der Waals surface area contributed by atoms with Crippen LogP contribution in [-0.4, -0.2) is 58.6 Å². The molecular formula is C117H78N12. The van der Waals surface area contributed by atoms with Crippen molar-refractivity contribution >= 4 is 65.4 Å². The summed E-state index contributed by atoms with van der Waals surface area (Å²) in [5.41, 5.74) is 25.9. The molecule has 0 radical (unpaired) electrons. The Bertz CT molecular complexity index is 7960. The van der Waals surface area contributed by atoms with Gasteiger partial charge in [-0.05, 0) is 130 Å². The van der Waals surface area contributed by atoms with E-state index in [-0.39, 0.29) is 0 Å². The summed E-state index contributed by atoms with van der Waals surface area (Å²) >= 11 is 0. The van der Waals surface area contributed by atoms with E-state index in [1.807, 2.05) is 182 Å². The first-order chi connectivity index (χ1) is 63.9. The van der Waals surface area contributed by atoms with Crippen molar-refractivity contribution in [2.75, 3.05) is 0 Å². The Hall–Kier alpha value is -17.6. The Morgan fingerprint density at radius 1 is 0.109 bits per heavy atom. The molecule has 18 aromatic carbocycles. The van der Waals surface area contributed by atoms with Crippen LogP contribution >= 0.6 is 0 Å². The lowest BCUT2D eigenvalue weighted by Gasteiger charge is -2.11. The monoisotopic (exact) mass is 1650 g/mol. The number of nitrogens with zero attached hydrogens (tertiary/aromatic N) is 12. The SMILES string of the molecule is c1ccc(-c2nc(-c3ccccc3)nc(-c3cccc(-c4ccc(-n5c6ccccc6c6ccccc65)cc4)c3)n2)cc1.c1ccc(-c2nc(-c3ccccc3)nc(-c3cccc(-c4ccc5c(c4)c4ccccc4n5-c4ccccc4)c3)n2)cc1.c1ccc(-c2nc(-c3ccccc3)nc(-c3cccc(-c4ccc5c6ccccc6n(-c6ccccc6)c5c4)c3)n2)cc1. The van der Waals surface area contributed by atoms with Crippen LogP contribution in [0.5, 0.6) is 0 Å². The molecule has 24 aromatic rings. The van der Waals surface area contributed by atoms with E-state index in [1.54, 1.807) is 0 Å². The lowest BCUT2D eigenvalue weighted by molar-refractivity contribution is 1.07. The van der Waals surface area contributed by atoms with Gasteiger partial charge in [0.05, 0.1) is 33.1 Å². The molecule has 24 rings (SSSR count). The van der Waals surface area contributed by atoms with Crippen molar-refractivity contribution in [1.82, 2.24) is 58.6 Å². The quantitative estimate of drug-likeness (QED) is 0.0984. The summed E-state index contributed by atoms with van der Waals surface area (Å²) in [6.07, 6.45) is 0. The molecule has 0 saturated carbocycles. The fraction of sp³-hybridized carbons (Fsp3) is 0. The fourth-order valence-electron chi connectivity index (χ4n) is 17.3. The summed E-state index contributed by atoms with van der Waals surface area (Å²) < 4.78 is 7.03. The van der Waals surface area contributed by atoms with Crippen LogP contribution in [0.4, 0.5) is 0 Å². The van der Waals surface area contributed by atoms with Crippen LogP contribution in [0.15, 0.2) is 473 Å². The highest BCUT2D eigenvalue weighted by atomic mass is 15.1. The first-order valence-electron chi connectivity index (χ1n) is 43.1. The van der Waals surface area contributed by atoms with Crippen LogP contribution in [-0.2, 0) is 0 Å². The van der Waals surface area contributed by atoms with Gasteiger partial charge in [0, 0.05) is 99.5 Å². The topological polar surface area (TPSA) is 131 Å². The molecule has 0 aliphatic carbocycles. The third-order valence-corrected chi connectivity index (χ3v) is 23.5.